The molecule has 1 N–H and O–H groups in total. The molecule has 0 spiro atoms. The molecule has 0 aromatic rings. The van der Waals surface area contributed by atoms with Crippen LogP contribution >= 0.6 is 0 Å². The third kappa shape index (κ3) is 5.25. The summed E-state index contributed by atoms with van der Waals surface area (Å²) in [6, 6.07) is 1.59. The van der Waals surface area contributed by atoms with Gasteiger partial charge in [0.05, 0.1) is 0 Å². The van der Waals surface area contributed by atoms with Gasteiger partial charge in [0.25, 0.3) is 0 Å². The summed E-state index contributed by atoms with van der Waals surface area (Å²) in [6.45, 7) is 13.4. The van der Waals surface area contributed by atoms with Gasteiger partial charge in [0.2, 0.25) is 0 Å². The molecule has 0 aromatic carbocycles. The van der Waals surface area contributed by atoms with Crippen molar-refractivity contribution in [1.82, 2.24) is 10.2 Å². The first-order valence-electron chi connectivity index (χ1n) is 9.48. The third-order valence-electron chi connectivity index (χ3n) is 5.95. The average molecular weight is 295 g/mol. The summed E-state index contributed by atoms with van der Waals surface area (Å²) >= 11 is 0. The van der Waals surface area contributed by atoms with E-state index < -0.39 is 0 Å². The highest BCUT2D eigenvalue weighted by atomic mass is 15.2. The Labute approximate surface area is 133 Å². The van der Waals surface area contributed by atoms with Crippen molar-refractivity contribution in [2.24, 2.45) is 11.3 Å². The van der Waals surface area contributed by atoms with Gasteiger partial charge in [0, 0.05) is 18.6 Å². The van der Waals surface area contributed by atoms with E-state index in [1.165, 1.54) is 71.0 Å². The highest BCUT2D eigenvalue weighted by Crippen LogP contribution is 2.37. The zero-order valence-corrected chi connectivity index (χ0v) is 15.0. The Morgan fingerprint density at radius 1 is 0.952 bits per heavy atom. The molecule has 3 unspecified atom stereocenters. The monoisotopic (exact) mass is 294 g/mol. The van der Waals surface area contributed by atoms with Gasteiger partial charge in [-0.1, -0.05) is 40.5 Å². The van der Waals surface area contributed by atoms with E-state index in [4.69, 9.17) is 0 Å². The van der Waals surface area contributed by atoms with Crippen LogP contribution in [0.1, 0.15) is 79.1 Å². The number of nitrogens with one attached hydrogen (secondary N) is 1. The predicted molar refractivity (Wildman–Crippen MR) is 92.7 cm³/mol. The van der Waals surface area contributed by atoms with Gasteiger partial charge < -0.3 is 5.32 Å². The molecule has 2 fully saturated rings. The Bertz CT molecular complexity index is 288. The summed E-state index contributed by atoms with van der Waals surface area (Å²) in [4.78, 5) is 2.79. The maximum atomic E-state index is 3.73. The first kappa shape index (κ1) is 17.3. The van der Waals surface area contributed by atoms with Crippen LogP contribution in [-0.4, -0.2) is 36.6 Å². The summed E-state index contributed by atoms with van der Waals surface area (Å²) in [7, 11) is 0. The Morgan fingerprint density at radius 2 is 1.76 bits per heavy atom. The van der Waals surface area contributed by atoms with Crippen LogP contribution in [0.15, 0.2) is 0 Å². The van der Waals surface area contributed by atoms with E-state index >= 15 is 0 Å². The van der Waals surface area contributed by atoms with E-state index in [9.17, 15) is 0 Å². The van der Waals surface area contributed by atoms with Crippen LogP contribution in [0.2, 0.25) is 0 Å². The Hall–Kier alpha value is -0.0800. The number of likely N-dealkylation sites (N-methyl/N-ethyl adjacent to an activating group) is 1. The molecule has 1 aliphatic carbocycles. The summed E-state index contributed by atoms with van der Waals surface area (Å²) < 4.78 is 0. The predicted octanol–water partition coefficient (Wildman–Crippen LogP) is 4.45. The molecule has 0 aromatic heterocycles. The van der Waals surface area contributed by atoms with Crippen molar-refractivity contribution in [3.8, 4) is 0 Å². The average Bonchev–Trinajstić information content (AvgIpc) is 2.71. The standard InChI is InChI=1S/C19H38N2/c1-5-21(15-17-10-6-7-14-20-17)18-11-8-9-16(12-13-18)19(2,3)4/h16-18,20H,5-15H2,1-4H3. The molecule has 1 heterocycles. The van der Waals surface area contributed by atoms with Gasteiger partial charge in [0.15, 0.2) is 0 Å². The summed E-state index contributed by atoms with van der Waals surface area (Å²) in [5.74, 6) is 0.925. The van der Waals surface area contributed by atoms with Gasteiger partial charge in [0.1, 0.15) is 0 Å². The van der Waals surface area contributed by atoms with Crippen LogP contribution in [-0.2, 0) is 0 Å². The van der Waals surface area contributed by atoms with E-state index in [1.807, 2.05) is 0 Å². The molecule has 2 nitrogen and oxygen atoms in total. The molecule has 2 aliphatic rings. The molecule has 124 valence electrons. The number of hydrogen-bond acceptors (Lipinski definition) is 2. The van der Waals surface area contributed by atoms with Crippen molar-refractivity contribution in [2.45, 2.75) is 91.1 Å². The molecule has 0 bridgehead atoms. The first-order chi connectivity index (χ1) is 10.0. The van der Waals surface area contributed by atoms with Crippen molar-refractivity contribution >= 4 is 0 Å². The minimum atomic E-state index is 0.497. The van der Waals surface area contributed by atoms with Gasteiger partial charge in [-0.3, -0.25) is 4.90 Å². The molecule has 3 atom stereocenters. The molecule has 21 heavy (non-hydrogen) atoms. The zero-order valence-electron chi connectivity index (χ0n) is 15.0. The summed E-state index contributed by atoms with van der Waals surface area (Å²) in [6.07, 6.45) is 11.3. The number of nitrogens with zero attached hydrogens (tertiary/aromatic N) is 1. The maximum absolute atomic E-state index is 3.73. The van der Waals surface area contributed by atoms with E-state index in [0.717, 1.165) is 18.0 Å². The molecule has 1 aliphatic heterocycles. The molecule has 1 saturated carbocycles. The minimum absolute atomic E-state index is 0.497. The Kier molecular flexibility index (Phi) is 6.55. The van der Waals surface area contributed by atoms with Gasteiger partial charge in [-0.2, -0.15) is 0 Å². The molecule has 1 saturated heterocycles. The fourth-order valence-corrected chi connectivity index (χ4v) is 4.41. The van der Waals surface area contributed by atoms with Crippen LogP contribution in [0.5, 0.6) is 0 Å². The van der Waals surface area contributed by atoms with Gasteiger partial charge in [-0.15, -0.1) is 0 Å². The lowest BCUT2D eigenvalue weighted by atomic mass is 9.76. The molecule has 2 heteroatoms. The SMILES string of the molecule is CCN(CC1CCCCN1)C1CCCC(C(C)(C)C)CC1. The second-order valence-electron chi connectivity index (χ2n) is 8.46. The van der Waals surface area contributed by atoms with Crippen molar-refractivity contribution in [3.63, 3.8) is 0 Å². The molecule has 0 radical (unpaired) electrons. The highest BCUT2D eigenvalue weighted by molar-refractivity contribution is 4.84. The maximum Gasteiger partial charge on any atom is 0.0195 e. The third-order valence-corrected chi connectivity index (χ3v) is 5.95. The normalized spacial score (nSPS) is 32.1. The first-order valence-corrected chi connectivity index (χ1v) is 9.48. The number of piperidine rings is 1. The second kappa shape index (κ2) is 7.97. The Balaban J connectivity index is 1.86. The lowest BCUT2D eigenvalue weighted by Gasteiger charge is -2.35. The lowest BCUT2D eigenvalue weighted by molar-refractivity contribution is 0.153. The molecular formula is C19H38N2. The summed E-state index contributed by atoms with van der Waals surface area (Å²) in [5, 5.41) is 3.73. The van der Waals surface area contributed by atoms with Crippen molar-refractivity contribution in [2.75, 3.05) is 19.6 Å². The van der Waals surface area contributed by atoms with Crippen molar-refractivity contribution in [3.05, 3.63) is 0 Å². The largest absolute Gasteiger partial charge is 0.313 e. The quantitative estimate of drug-likeness (QED) is 0.771. The van der Waals surface area contributed by atoms with Crippen LogP contribution in [0.3, 0.4) is 0 Å². The topological polar surface area (TPSA) is 15.3 Å². The molecular weight excluding hydrogens is 256 g/mol. The van der Waals surface area contributed by atoms with Gasteiger partial charge >= 0.3 is 0 Å². The minimum Gasteiger partial charge on any atom is -0.313 e. The fourth-order valence-electron chi connectivity index (χ4n) is 4.41. The zero-order chi connectivity index (χ0) is 15.3. The van der Waals surface area contributed by atoms with Crippen LogP contribution in [0, 0.1) is 11.3 Å². The van der Waals surface area contributed by atoms with E-state index in [1.54, 1.807) is 0 Å². The van der Waals surface area contributed by atoms with Gasteiger partial charge in [-0.05, 0) is 62.9 Å². The Morgan fingerprint density at radius 3 is 2.38 bits per heavy atom. The van der Waals surface area contributed by atoms with E-state index in [-0.39, 0.29) is 0 Å². The van der Waals surface area contributed by atoms with Crippen LogP contribution in [0.4, 0.5) is 0 Å². The van der Waals surface area contributed by atoms with Crippen molar-refractivity contribution < 1.29 is 0 Å². The van der Waals surface area contributed by atoms with Crippen LogP contribution in [0.25, 0.3) is 0 Å². The fraction of sp³-hybridized carbons (Fsp3) is 1.00. The number of hydrogen-bond donors (Lipinski definition) is 1. The van der Waals surface area contributed by atoms with Crippen molar-refractivity contribution in [1.29, 1.82) is 0 Å². The second-order valence-corrected chi connectivity index (χ2v) is 8.46. The van der Waals surface area contributed by atoms with Crippen LogP contribution < -0.4 is 5.32 Å². The van der Waals surface area contributed by atoms with E-state index in [2.05, 4.69) is 37.9 Å². The number of rotatable bonds is 4. The van der Waals surface area contributed by atoms with Gasteiger partial charge in [-0.25, -0.2) is 0 Å². The molecule has 2 rings (SSSR count). The van der Waals surface area contributed by atoms with E-state index in [0.29, 0.717) is 5.41 Å². The lowest BCUT2D eigenvalue weighted by Crippen LogP contribution is -2.47. The highest BCUT2D eigenvalue weighted by Gasteiger charge is 2.30. The summed E-state index contributed by atoms with van der Waals surface area (Å²) in [5.41, 5.74) is 0.497. The molecule has 0 amide bonds. The smallest absolute Gasteiger partial charge is 0.0195 e.